The van der Waals surface area contributed by atoms with E-state index in [1.54, 1.807) is 0 Å². The molecule has 17 heavy (non-hydrogen) atoms. The molecule has 1 aromatic heterocycles. The summed E-state index contributed by atoms with van der Waals surface area (Å²) in [6.07, 6.45) is 4.07. The lowest BCUT2D eigenvalue weighted by atomic mass is 10.1. The normalized spacial score (nSPS) is 20.3. The van der Waals surface area contributed by atoms with Crippen LogP contribution < -0.4 is 11.3 Å². The van der Waals surface area contributed by atoms with Crippen molar-refractivity contribution in [2.45, 2.75) is 38.3 Å². The van der Waals surface area contributed by atoms with Crippen molar-refractivity contribution in [2.24, 2.45) is 5.73 Å². The van der Waals surface area contributed by atoms with Crippen LogP contribution in [-0.2, 0) is 19.4 Å². The molecule has 1 aromatic rings. The van der Waals surface area contributed by atoms with Gasteiger partial charge >= 0.3 is 0 Å². The Labute approximate surface area is 100 Å². The smallest absolute Gasteiger partial charge is 0.254 e. The lowest BCUT2D eigenvalue weighted by molar-refractivity contribution is 0.238. The van der Waals surface area contributed by atoms with Crippen LogP contribution in [0.3, 0.4) is 0 Å². The molecule has 1 aliphatic carbocycles. The van der Waals surface area contributed by atoms with Crippen molar-refractivity contribution >= 4 is 0 Å². The molecule has 0 bridgehead atoms. The number of hydrogen-bond donors (Lipinski definition) is 2. The monoisotopic (exact) mass is 234 g/mol. The summed E-state index contributed by atoms with van der Waals surface area (Å²) >= 11 is 0. The van der Waals surface area contributed by atoms with Gasteiger partial charge in [0.15, 0.2) is 0 Å². The number of hydrogen-bond acceptors (Lipinski definition) is 4. The third kappa shape index (κ3) is 2.12. The molecular formula is C12H18N4O. The van der Waals surface area contributed by atoms with Crippen LogP contribution in [0.15, 0.2) is 4.79 Å². The van der Waals surface area contributed by atoms with Crippen LogP contribution in [0.25, 0.3) is 0 Å². The van der Waals surface area contributed by atoms with Gasteiger partial charge in [-0.2, -0.15) is 0 Å². The molecule has 0 spiro atoms. The minimum absolute atomic E-state index is 0.0360. The van der Waals surface area contributed by atoms with E-state index in [2.05, 4.69) is 14.9 Å². The Kier molecular flexibility index (Phi) is 2.72. The molecule has 5 heteroatoms. The van der Waals surface area contributed by atoms with Gasteiger partial charge in [-0.25, -0.2) is 4.98 Å². The SMILES string of the molecule is NCCc1nc2c(c(=O)[nH]1)CCN(C1CC1)C2. The number of rotatable bonds is 3. The van der Waals surface area contributed by atoms with Gasteiger partial charge in [-0.15, -0.1) is 0 Å². The average molecular weight is 234 g/mol. The van der Waals surface area contributed by atoms with Gasteiger partial charge in [0.2, 0.25) is 0 Å². The van der Waals surface area contributed by atoms with Crippen LogP contribution in [0.2, 0.25) is 0 Å². The summed E-state index contributed by atoms with van der Waals surface area (Å²) in [4.78, 5) is 21.7. The Balaban J connectivity index is 1.90. The summed E-state index contributed by atoms with van der Waals surface area (Å²) in [6, 6.07) is 0.738. The van der Waals surface area contributed by atoms with Crippen LogP contribution >= 0.6 is 0 Å². The van der Waals surface area contributed by atoms with Crippen molar-refractivity contribution in [1.82, 2.24) is 14.9 Å². The van der Waals surface area contributed by atoms with Crippen LogP contribution in [-0.4, -0.2) is 34.0 Å². The second kappa shape index (κ2) is 4.23. The van der Waals surface area contributed by atoms with E-state index in [1.807, 2.05) is 0 Å². The van der Waals surface area contributed by atoms with Gasteiger partial charge in [-0.05, 0) is 25.8 Å². The van der Waals surface area contributed by atoms with E-state index in [0.717, 1.165) is 42.6 Å². The Morgan fingerprint density at radius 3 is 3.00 bits per heavy atom. The van der Waals surface area contributed by atoms with Gasteiger partial charge in [0.25, 0.3) is 5.56 Å². The first-order valence-electron chi connectivity index (χ1n) is 6.33. The second-order valence-corrected chi connectivity index (χ2v) is 4.93. The molecule has 1 aliphatic heterocycles. The Bertz CT molecular complexity index is 478. The number of nitrogens with zero attached hydrogens (tertiary/aromatic N) is 2. The summed E-state index contributed by atoms with van der Waals surface area (Å²) in [6.45, 7) is 2.36. The summed E-state index contributed by atoms with van der Waals surface area (Å²) in [5.41, 5.74) is 7.38. The molecule has 5 nitrogen and oxygen atoms in total. The summed E-state index contributed by atoms with van der Waals surface area (Å²) in [5.74, 6) is 0.730. The van der Waals surface area contributed by atoms with Crippen LogP contribution in [0.4, 0.5) is 0 Å². The quantitative estimate of drug-likeness (QED) is 0.759. The first-order chi connectivity index (χ1) is 8.28. The lowest BCUT2D eigenvalue weighted by Gasteiger charge is -2.27. The Hall–Kier alpha value is -1.20. The first kappa shape index (κ1) is 10.9. The lowest BCUT2D eigenvalue weighted by Crippen LogP contribution is -2.37. The van der Waals surface area contributed by atoms with E-state index in [9.17, 15) is 4.79 Å². The van der Waals surface area contributed by atoms with Gasteiger partial charge in [-0.1, -0.05) is 0 Å². The Morgan fingerprint density at radius 2 is 2.29 bits per heavy atom. The van der Waals surface area contributed by atoms with E-state index in [-0.39, 0.29) is 5.56 Å². The molecule has 0 unspecified atom stereocenters. The first-order valence-corrected chi connectivity index (χ1v) is 6.33. The zero-order valence-corrected chi connectivity index (χ0v) is 9.91. The predicted octanol–water partition coefficient (Wildman–Crippen LogP) is -0.208. The highest BCUT2D eigenvalue weighted by atomic mass is 16.1. The molecule has 92 valence electrons. The third-order valence-corrected chi connectivity index (χ3v) is 3.60. The molecular weight excluding hydrogens is 216 g/mol. The van der Waals surface area contributed by atoms with E-state index in [1.165, 1.54) is 12.8 Å². The number of nitrogens with one attached hydrogen (secondary N) is 1. The van der Waals surface area contributed by atoms with Crippen LogP contribution in [0.5, 0.6) is 0 Å². The molecule has 2 aliphatic rings. The highest BCUT2D eigenvalue weighted by molar-refractivity contribution is 5.21. The van der Waals surface area contributed by atoms with Gasteiger partial charge in [0, 0.05) is 31.1 Å². The molecule has 2 heterocycles. The molecule has 1 fully saturated rings. The van der Waals surface area contributed by atoms with Crippen LogP contribution in [0.1, 0.15) is 29.9 Å². The van der Waals surface area contributed by atoms with Crippen molar-refractivity contribution in [1.29, 1.82) is 0 Å². The number of aromatic amines is 1. The average Bonchev–Trinajstić information content (AvgIpc) is 3.12. The maximum atomic E-state index is 11.9. The molecule has 3 rings (SSSR count). The topological polar surface area (TPSA) is 75.0 Å². The summed E-state index contributed by atoms with van der Waals surface area (Å²) in [5, 5.41) is 0. The van der Waals surface area contributed by atoms with Gasteiger partial charge in [0.05, 0.1) is 5.69 Å². The highest BCUT2D eigenvalue weighted by Gasteiger charge is 2.32. The van der Waals surface area contributed by atoms with Crippen molar-refractivity contribution in [3.8, 4) is 0 Å². The van der Waals surface area contributed by atoms with E-state index < -0.39 is 0 Å². The highest BCUT2D eigenvalue weighted by Crippen LogP contribution is 2.30. The van der Waals surface area contributed by atoms with E-state index >= 15 is 0 Å². The van der Waals surface area contributed by atoms with Crippen molar-refractivity contribution in [3.05, 3.63) is 27.4 Å². The van der Waals surface area contributed by atoms with Gasteiger partial charge in [-0.3, -0.25) is 9.69 Å². The minimum Gasteiger partial charge on any atom is -0.330 e. The fourth-order valence-corrected chi connectivity index (χ4v) is 2.52. The number of nitrogens with two attached hydrogens (primary N) is 1. The molecule has 0 saturated heterocycles. The second-order valence-electron chi connectivity index (χ2n) is 4.93. The number of aromatic nitrogens is 2. The van der Waals surface area contributed by atoms with Crippen molar-refractivity contribution in [3.63, 3.8) is 0 Å². The maximum absolute atomic E-state index is 11.9. The van der Waals surface area contributed by atoms with E-state index in [0.29, 0.717) is 13.0 Å². The predicted molar refractivity (Wildman–Crippen MR) is 64.8 cm³/mol. The van der Waals surface area contributed by atoms with Crippen LogP contribution in [0, 0.1) is 0 Å². The molecule has 1 saturated carbocycles. The summed E-state index contributed by atoms with van der Waals surface area (Å²) in [7, 11) is 0. The third-order valence-electron chi connectivity index (χ3n) is 3.60. The fourth-order valence-electron chi connectivity index (χ4n) is 2.52. The standard InChI is InChI=1S/C12H18N4O/c13-5-3-11-14-10-7-16(8-1-2-8)6-4-9(10)12(17)15-11/h8H,1-7,13H2,(H,14,15,17). The molecule has 0 radical (unpaired) electrons. The number of fused-ring (bicyclic) bond motifs is 1. The minimum atomic E-state index is 0.0360. The van der Waals surface area contributed by atoms with Crippen molar-refractivity contribution in [2.75, 3.05) is 13.1 Å². The fraction of sp³-hybridized carbons (Fsp3) is 0.667. The molecule has 0 aromatic carbocycles. The molecule has 0 amide bonds. The Morgan fingerprint density at radius 1 is 1.47 bits per heavy atom. The summed E-state index contributed by atoms with van der Waals surface area (Å²) < 4.78 is 0. The molecule has 0 atom stereocenters. The van der Waals surface area contributed by atoms with Crippen molar-refractivity contribution < 1.29 is 0 Å². The van der Waals surface area contributed by atoms with Gasteiger partial charge in [0.1, 0.15) is 5.82 Å². The molecule has 3 N–H and O–H groups in total. The number of H-pyrrole nitrogens is 1. The maximum Gasteiger partial charge on any atom is 0.254 e. The zero-order chi connectivity index (χ0) is 11.8. The zero-order valence-electron chi connectivity index (χ0n) is 9.91. The van der Waals surface area contributed by atoms with Gasteiger partial charge < -0.3 is 10.7 Å². The largest absolute Gasteiger partial charge is 0.330 e. The van der Waals surface area contributed by atoms with E-state index in [4.69, 9.17) is 5.73 Å².